The van der Waals surface area contributed by atoms with Gasteiger partial charge in [-0.2, -0.15) is 5.26 Å². The zero-order valence-electron chi connectivity index (χ0n) is 13.1. The number of carbonyl (C=O) groups excluding carboxylic acids is 1. The van der Waals surface area contributed by atoms with Gasteiger partial charge in [-0.25, -0.2) is 4.79 Å². The smallest absolute Gasteiger partial charge is 0.334 e. The molecule has 0 heterocycles. The van der Waals surface area contributed by atoms with Crippen LogP contribution in [0.15, 0.2) is 85.5 Å². The summed E-state index contributed by atoms with van der Waals surface area (Å²) in [5.74, 6) is -0.543. The fourth-order valence-electron chi connectivity index (χ4n) is 1.97. The second-order valence-electron chi connectivity index (χ2n) is 4.70. The van der Waals surface area contributed by atoms with Gasteiger partial charge in [-0.15, -0.1) is 0 Å². The Kier molecular flexibility index (Phi) is 7.03. The van der Waals surface area contributed by atoms with Crippen molar-refractivity contribution in [2.45, 2.75) is 0 Å². The molecule has 0 aliphatic rings. The molecule has 0 saturated heterocycles. The number of hydrogen-bond acceptors (Lipinski definition) is 3. The summed E-state index contributed by atoms with van der Waals surface area (Å²) >= 11 is 0. The SMILES string of the molecule is C=CC=CC(C=CC#N)(C=Cc1ccccc1)C(=C)C(=O)OC. The van der Waals surface area contributed by atoms with Crippen molar-refractivity contribution in [2.24, 2.45) is 5.41 Å². The maximum absolute atomic E-state index is 12.0. The van der Waals surface area contributed by atoms with Crippen molar-refractivity contribution in [1.82, 2.24) is 0 Å². The Hall–Kier alpha value is -3.12. The quantitative estimate of drug-likeness (QED) is 0.328. The standard InChI is InChI=1S/C20H19NO2/c1-4-5-13-20(14-9-16-21,17(2)19(22)23-3)15-12-18-10-7-6-8-11-18/h4-15H,1-2H2,3H3. The first-order chi connectivity index (χ1) is 11.1. The lowest BCUT2D eigenvalue weighted by atomic mass is 9.79. The summed E-state index contributed by atoms with van der Waals surface area (Å²) in [6.07, 6.45) is 11.6. The van der Waals surface area contributed by atoms with E-state index < -0.39 is 11.4 Å². The third-order valence-electron chi connectivity index (χ3n) is 3.25. The number of ether oxygens (including phenoxy) is 1. The summed E-state index contributed by atoms with van der Waals surface area (Å²) < 4.78 is 4.78. The number of methoxy groups -OCH3 is 1. The van der Waals surface area contributed by atoms with Crippen LogP contribution >= 0.6 is 0 Å². The minimum atomic E-state index is -0.965. The van der Waals surface area contributed by atoms with E-state index in [4.69, 9.17) is 10.00 Å². The molecule has 1 atom stereocenters. The molecular weight excluding hydrogens is 286 g/mol. The molecule has 1 aromatic carbocycles. The monoisotopic (exact) mass is 305 g/mol. The summed E-state index contributed by atoms with van der Waals surface area (Å²) in [7, 11) is 1.30. The molecule has 1 rings (SSSR count). The molecule has 0 aliphatic heterocycles. The third kappa shape index (κ3) is 4.98. The van der Waals surface area contributed by atoms with E-state index >= 15 is 0 Å². The first-order valence-electron chi connectivity index (χ1n) is 6.99. The van der Waals surface area contributed by atoms with Gasteiger partial charge in [0.05, 0.1) is 18.6 Å². The van der Waals surface area contributed by atoms with Gasteiger partial charge in [0.25, 0.3) is 0 Å². The van der Waals surface area contributed by atoms with E-state index in [0.717, 1.165) is 5.56 Å². The molecule has 1 unspecified atom stereocenters. The van der Waals surface area contributed by atoms with Gasteiger partial charge in [-0.3, -0.25) is 0 Å². The second kappa shape index (κ2) is 9.01. The first-order valence-corrected chi connectivity index (χ1v) is 6.99. The van der Waals surface area contributed by atoms with Crippen LogP contribution in [-0.2, 0) is 9.53 Å². The third-order valence-corrected chi connectivity index (χ3v) is 3.25. The summed E-state index contributed by atoms with van der Waals surface area (Å²) in [6.45, 7) is 7.48. The van der Waals surface area contributed by atoms with Crippen LogP contribution in [0, 0.1) is 16.7 Å². The van der Waals surface area contributed by atoms with E-state index in [1.54, 1.807) is 30.4 Å². The minimum Gasteiger partial charge on any atom is -0.466 e. The van der Waals surface area contributed by atoms with E-state index in [2.05, 4.69) is 13.2 Å². The van der Waals surface area contributed by atoms with Gasteiger partial charge >= 0.3 is 5.97 Å². The molecule has 0 amide bonds. The lowest BCUT2D eigenvalue weighted by molar-refractivity contribution is -0.136. The fourth-order valence-corrected chi connectivity index (χ4v) is 1.97. The number of nitriles is 1. The van der Waals surface area contributed by atoms with Gasteiger partial charge in [-0.1, -0.05) is 79.9 Å². The highest BCUT2D eigenvalue weighted by Crippen LogP contribution is 2.34. The molecule has 116 valence electrons. The predicted molar refractivity (Wildman–Crippen MR) is 93.2 cm³/mol. The molecule has 3 nitrogen and oxygen atoms in total. The Morgan fingerprint density at radius 2 is 1.96 bits per heavy atom. The summed E-state index contributed by atoms with van der Waals surface area (Å²) in [5.41, 5.74) is 0.205. The van der Waals surface area contributed by atoms with Crippen LogP contribution < -0.4 is 0 Å². The first kappa shape index (κ1) is 17.9. The summed E-state index contributed by atoms with van der Waals surface area (Å²) in [5, 5.41) is 8.87. The number of carbonyl (C=O) groups is 1. The number of rotatable bonds is 7. The van der Waals surface area contributed by atoms with Crippen LogP contribution in [0.25, 0.3) is 6.08 Å². The zero-order valence-corrected chi connectivity index (χ0v) is 13.1. The molecule has 0 aliphatic carbocycles. The van der Waals surface area contributed by atoms with Gasteiger partial charge < -0.3 is 4.74 Å². The molecule has 0 spiro atoms. The topological polar surface area (TPSA) is 50.1 Å². The van der Waals surface area contributed by atoms with Crippen molar-refractivity contribution in [3.8, 4) is 6.07 Å². The largest absolute Gasteiger partial charge is 0.466 e. The second-order valence-corrected chi connectivity index (χ2v) is 4.70. The maximum Gasteiger partial charge on any atom is 0.334 e. The average molecular weight is 305 g/mol. The molecule has 0 fully saturated rings. The van der Waals surface area contributed by atoms with Crippen molar-refractivity contribution >= 4 is 12.0 Å². The van der Waals surface area contributed by atoms with Crippen LogP contribution in [0.1, 0.15) is 5.56 Å². The van der Waals surface area contributed by atoms with Gasteiger partial charge in [0, 0.05) is 11.6 Å². The van der Waals surface area contributed by atoms with Crippen molar-refractivity contribution in [2.75, 3.05) is 7.11 Å². The Morgan fingerprint density at radius 3 is 2.52 bits per heavy atom. The van der Waals surface area contributed by atoms with Gasteiger partial charge in [0.15, 0.2) is 0 Å². The van der Waals surface area contributed by atoms with E-state index in [0.29, 0.717) is 0 Å². The van der Waals surface area contributed by atoms with E-state index in [9.17, 15) is 4.79 Å². The van der Waals surface area contributed by atoms with Crippen molar-refractivity contribution < 1.29 is 9.53 Å². The van der Waals surface area contributed by atoms with Gasteiger partial charge in [0.2, 0.25) is 0 Å². The molecule has 0 radical (unpaired) electrons. The highest BCUT2D eigenvalue weighted by Gasteiger charge is 2.30. The molecular formula is C20H19NO2. The van der Waals surface area contributed by atoms with Crippen LogP contribution in [0.2, 0.25) is 0 Å². The van der Waals surface area contributed by atoms with E-state index in [1.807, 2.05) is 42.5 Å². The maximum atomic E-state index is 12.0. The highest BCUT2D eigenvalue weighted by atomic mass is 16.5. The molecule has 0 N–H and O–H groups in total. The normalized spacial score (nSPS) is 13.7. The van der Waals surface area contributed by atoms with Crippen molar-refractivity contribution in [1.29, 1.82) is 5.26 Å². The van der Waals surface area contributed by atoms with E-state index in [1.165, 1.54) is 13.2 Å². The van der Waals surface area contributed by atoms with Crippen LogP contribution in [0.4, 0.5) is 0 Å². The summed E-state index contributed by atoms with van der Waals surface area (Å²) in [6, 6.07) is 11.6. The Morgan fingerprint density at radius 1 is 1.26 bits per heavy atom. The Bertz CT molecular complexity index is 690. The van der Waals surface area contributed by atoms with Gasteiger partial charge in [0.1, 0.15) is 0 Å². The Balaban J connectivity index is 3.39. The average Bonchev–Trinajstić information content (AvgIpc) is 2.61. The molecule has 1 aromatic rings. The number of esters is 1. The van der Waals surface area contributed by atoms with Crippen LogP contribution in [0.3, 0.4) is 0 Å². The minimum absolute atomic E-state index is 0.205. The number of allylic oxidation sites excluding steroid dienone is 6. The molecule has 23 heavy (non-hydrogen) atoms. The summed E-state index contributed by atoms with van der Waals surface area (Å²) in [4.78, 5) is 12.0. The fraction of sp³-hybridized carbons (Fsp3) is 0.100. The molecule has 0 aromatic heterocycles. The van der Waals surface area contributed by atoms with Crippen molar-refractivity contribution in [3.63, 3.8) is 0 Å². The van der Waals surface area contributed by atoms with Crippen molar-refractivity contribution in [3.05, 3.63) is 91.1 Å². The van der Waals surface area contributed by atoms with Crippen LogP contribution in [-0.4, -0.2) is 13.1 Å². The molecule has 0 bridgehead atoms. The number of hydrogen-bond donors (Lipinski definition) is 0. The predicted octanol–water partition coefficient (Wildman–Crippen LogP) is 4.24. The zero-order chi connectivity index (χ0) is 17.1. The lowest BCUT2D eigenvalue weighted by Crippen LogP contribution is -2.22. The highest BCUT2D eigenvalue weighted by molar-refractivity contribution is 5.91. The molecule has 3 heteroatoms. The number of nitrogens with zero attached hydrogens (tertiary/aromatic N) is 1. The Labute approximate surface area is 137 Å². The van der Waals surface area contributed by atoms with Gasteiger partial charge in [-0.05, 0) is 5.56 Å². The lowest BCUT2D eigenvalue weighted by Gasteiger charge is -2.24. The number of benzene rings is 1. The van der Waals surface area contributed by atoms with E-state index in [-0.39, 0.29) is 5.57 Å². The van der Waals surface area contributed by atoms with Crippen LogP contribution in [0.5, 0.6) is 0 Å². The molecule has 0 saturated carbocycles.